The number of nitrogens with zero attached hydrogens (tertiary/aromatic N) is 2. The van der Waals surface area contributed by atoms with Gasteiger partial charge >= 0.3 is 12.1 Å². The Hall–Kier alpha value is -3.34. The number of aromatic nitrogens is 1. The smallest absolute Gasteiger partial charge is 0.407 e. The monoisotopic (exact) mass is 503 g/mol. The maximum absolute atomic E-state index is 15.6. The number of anilines is 1. The van der Waals surface area contributed by atoms with Crippen LogP contribution in [0.15, 0.2) is 17.1 Å². The van der Waals surface area contributed by atoms with E-state index in [9.17, 15) is 19.5 Å². The number of alkyl carbamates (subject to hydrolysis) is 1. The molecule has 10 nitrogen and oxygen atoms in total. The number of carboxylic acid groups (broad SMARTS) is 1. The van der Waals surface area contributed by atoms with E-state index in [0.29, 0.717) is 25.2 Å². The number of hydrogen-bond acceptors (Lipinski definition) is 7. The lowest BCUT2D eigenvalue weighted by Crippen LogP contribution is -2.49. The molecule has 0 bridgehead atoms. The summed E-state index contributed by atoms with van der Waals surface area (Å²) in [6.07, 6.45) is 1.51. The van der Waals surface area contributed by atoms with Crippen LogP contribution in [0.25, 0.3) is 10.9 Å². The van der Waals surface area contributed by atoms with Crippen molar-refractivity contribution in [1.29, 1.82) is 0 Å². The fraction of sp³-hybridized carbons (Fsp3) is 0.560. The van der Waals surface area contributed by atoms with E-state index >= 15 is 4.39 Å². The Morgan fingerprint density at radius 1 is 1.36 bits per heavy atom. The molecule has 3 aliphatic rings. The average molecular weight is 504 g/mol. The summed E-state index contributed by atoms with van der Waals surface area (Å²) in [5.41, 5.74) is -1.94. The third-order valence-electron chi connectivity index (χ3n) is 7.12. The van der Waals surface area contributed by atoms with Crippen LogP contribution < -0.4 is 20.4 Å². The van der Waals surface area contributed by atoms with Crippen LogP contribution >= 0.6 is 0 Å². The molecule has 2 aromatic rings. The summed E-state index contributed by atoms with van der Waals surface area (Å²) in [6, 6.07) is 0.851. The second kappa shape index (κ2) is 8.36. The lowest BCUT2D eigenvalue weighted by molar-refractivity contribution is -0.000289. The minimum Gasteiger partial charge on any atom is -0.487 e. The topological polar surface area (TPSA) is 119 Å². The lowest BCUT2D eigenvalue weighted by atomic mass is 9.91. The summed E-state index contributed by atoms with van der Waals surface area (Å²) >= 11 is 0. The Labute approximate surface area is 206 Å². The molecule has 0 radical (unpaired) electrons. The van der Waals surface area contributed by atoms with Gasteiger partial charge in [-0.15, -0.1) is 0 Å². The molecule has 3 unspecified atom stereocenters. The highest BCUT2D eigenvalue weighted by Crippen LogP contribution is 2.47. The van der Waals surface area contributed by atoms with E-state index in [-0.39, 0.29) is 41.9 Å². The molecule has 3 atom stereocenters. The molecule has 5 rings (SSSR count). The summed E-state index contributed by atoms with van der Waals surface area (Å²) in [5, 5.41) is 12.3. The van der Waals surface area contributed by atoms with Gasteiger partial charge in [0.05, 0.1) is 23.5 Å². The largest absolute Gasteiger partial charge is 0.487 e. The predicted molar refractivity (Wildman–Crippen MR) is 129 cm³/mol. The fourth-order valence-corrected chi connectivity index (χ4v) is 5.49. The van der Waals surface area contributed by atoms with E-state index in [0.717, 1.165) is 12.5 Å². The van der Waals surface area contributed by atoms with Gasteiger partial charge in [-0.05, 0) is 40.2 Å². The third kappa shape index (κ3) is 3.95. The first-order valence-electron chi connectivity index (χ1n) is 12.0. The van der Waals surface area contributed by atoms with E-state index in [4.69, 9.17) is 14.2 Å². The maximum Gasteiger partial charge on any atom is 0.407 e. The van der Waals surface area contributed by atoms with E-state index in [2.05, 4.69) is 5.32 Å². The summed E-state index contributed by atoms with van der Waals surface area (Å²) in [5.74, 6) is -1.78. The van der Waals surface area contributed by atoms with Gasteiger partial charge in [0.2, 0.25) is 5.43 Å². The first kappa shape index (κ1) is 24.4. The summed E-state index contributed by atoms with van der Waals surface area (Å²) in [4.78, 5) is 38.6. The number of aromatic carboxylic acids is 1. The standard InChI is InChI=1S/C25H30FN3O7/c1-13-10-34-21-18-15(20(30)16(22(31)32)9-29(13)18)7-17(26)19(21)28-8-14-5-6-35-25(14,12-28)11-27-23(33)36-24(2,3)4/h7,9,13-14H,5-6,8,10-12H2,1-4H3,(H,27,33)(H,31,32). The SMILES string of the molecule is CC1COc2c(N3CC4CCOC4(CNC(=O)OC(C)(C)C)C3)c(F)cc3c(=O)c(C(=O)O)cn1c23. The van der Waals surface area contributed by atoms with Gasteiger partial charge in [0.15, 0.2) is 11.6 Å². The summed E-state index contributed by atoms with van der Waals surface area (Å²) < 4.78 is 34.8. The number of pyridine rings is 1. The van der Waals surface area contributed by atoms with Crippen molar-refractivity contribution >= 4 is 28.7 Å². The molecule has 0 spiro atoms. The number of carbonyl (C=O) groups is 2. The number of rotatable bonds is 4. The van der Waals surface area contributed by atoms with Crippen LogP contribution in [-0.2, 0) is 9.47 Å². The number of fused-ring (bicyclic) bond motifs is 1. The summed E-state index contributed by atoms with van der Waals surface area (Å²) in [7, 11) is 0. The molecule has 2 N–H and O–H groups in total. The number of nitrogens with one attached hydrogen (secondary N) is 1. The first-order valence-corrected chi connectivity index (χ1v) is 12.0. The predicted octanol–water partition coefficient (Wildman–Crippen LogP) is 2.91. The Balaban J connectivity index is 1.52. The minimum atomic E-state index is -1.36. The highest BCUT2D eigenvalue weighted by Gasteiger charge is 2.52. The Kier molecular flexibility index (Phi) is 5.66. The molecule has 1 aromatic heterocycles. The lowest BCUT2D eigenvalue weighted by Gasteiger charge is -2.32. The number of benzene rings is 1. The fourth-order valence-electron chi connectivity index (χ4n) is 5.49. The molecule has 36 heavy (non-hydrogen) atoms. The van der Waals surface area contributed by atoms with Crippen molar-refractivity contribution in [2.45, 2.75) is 51.4 Å². The second-order valence-electron chi connectivity index (χ2n) is 10.8. The molecule has 0 aliphatic carbocycles. The zero-order valence-electron chi connectivity index (χ0n) is 20.7. The molecule has 3 aliphatic heterocycles. The van der Waals surface area contributed by atoms with Crippen molar-refractivity contribution in [3.05, 3.63) is 33.9 Å². The molecular weight excluding hydrogens is 473 g/mol. The van der Waals surface area contributed by atoms with Crippen molar-refractivity contribution in [2.75, 3.05) is 37.7 Å². The van der Waals surface area contributed by atoms with Crippen molar-refractivity contribution in [1.82, 2.24) is 9.88 Å². The van der Waals surface area contributed by atoms with Gasteiger partial charge in [0.25, 0.3) is 0 Å². The van der Waals surface area contributed by atoms with E-state index in [1.54, 1.807) is 25.3 Å². The van der Waals surface area contributed by atoms with Crippen LogP contribution in [0.2, 0.25) is 0 Å². The molecule has 2 fully saturated rings. The maximum atomic E-state index is 15.6. The third-order valence-corrected chi connectivity index (χ3v) is 7.12. The van der Waals surface area contributed by atoms with E-state index < -0.39 is 40.1 Å². The number of ether oxygens (including phenoxy) is 3. The number of amides is 1. The number of halogens is 1. The molecule has 194 valence electrons. The average Bonchev–Trinajstić information content (AvgIpc) is 3.32. The van der Waals surface area contributed by atoms with Gasteiger partial charge in [0.1, 0.15) is 29.1 Å². The highest BCUT2D eigenvalue weighted by molar-refractivity contribution is 5.97. The van der Waals surface area contributed by atoms with Gasteiger partial charge in [-0.1, -0.05) is 0 Å². The number of carbonyl (C=O) groups excluding carboxylic acids is 1. The molecule has 1 aromatic carbocycles. The Morgan fingerprint density at radius 3 is 2.81 bits per heavy atom. The van der Waals surface area contributed by atoms with Crippen LogP contribution in [0.3, 0.4) is 0 Å². The Bertz CT molecular complexity index is 1320. The highest BCUT2D eigenvalue weighted by atomic mass is 19.1. The molecular formula is C25H30FN3O7. The van der Waals surface area contributed by atoms with Crippen LogP contribution in [0, 0.1) is 11.7 Å². The van der Waals surface area contributed by atoms with Gasteiger partial charge in [0, 0.05) is 31.8 Å². The van der Waals surface area contributed by atoms with Crippen molar-refractivity contribution in [2.24, 2.45) is 5.92 Å². The molecule has 11 heteroatoms. The van der Waals surface area contributed by atoms with Gasteiger partial charge < -0.3 is 34.1 Å². The molecule has 1 amide bonds. The van der Waals surface area contributed by atoms with Crippen LogP contribution in [0.5, 0.6) is 5.75 Å². The molecule has 0 saturated carbocycles. The summed E-state index contributed by atoms with van der Waals surface area (Å²) in [6.45, 7) is 8.90. The van der Waals surface area contributed by atoms with Crippen molar-refractivity contribution in [3.8, 4) is 5.75 Å². The first-order chi connectivity index (χ1) is 16.9. The van der Waals surface area contributed by atoms with Crippen molar-refractivity contribution < 1.29 is 33.3 Å². The van der Waals surface area contributed by atoms with Crippen molar-refractivity contribution in [3.63, 3.8) is 0 Å². The van der Waals surface area contributed by atoms with E-state index in [1.165, 1.54) is 6.20 Å². The van der Waals surface area contributed by atoms with Crippen LogP contribution in [0.1, 0.15) is 50.5 Å². The van der Waals surface area contributed by atoms with E-state index in [1.807, 2.05) is 11.8 Å². The van der Waals surface area contributed by atoms with Crippen LogP contribution in [-0.4, -0.2) is 65.8 Å². The Morgan fingerprint density at radius 2 is 2.11 bits per heavy atom. The number of hydrogen-bond donors (Lipinski definition) is 2. The normalized spacial score (nSPS) is 25.0. The zero-order chi connectivity index (χ0) is 26.0. The second-order valence-corrected chi connectivity index (χ2v) is 10.8. The molecule has 4 heterocycles. The quantitative estimate of drug-likeness (QED) is 0.654. The molecule has 2 saturated heterocycles. The minimum absolute atomic E-state index is 0.0327. The van der Waals surface area contributed by atoms with Gasteiger partial charge in [-0.3, -0.25) is 4.79 Å². The zero-order valence-corrected chi connectivity index (χ0v) is 20.7. The van der Waals surface area contributed by atoms with Gasteiger partial charge in [-0.2, -0.15) is 0 Å². The van der Waals surface area contributed by atoms with Crippen LogP contribution in [0.4, 0.5) is 14.9 Å². The number of carboxylic acids is 1. The van der Waals surface area contributed by atoms with Gasteiger partial charge in [-0.25, -0.2) is 14.0 Å².